The summed E-state index contributed by atoms with van der Waals surface area (Å²) in [4.78, 5) is 24.0. The predicted octanol–water partition coefficient (Wildman–Crippen LogP) is 1.84. The Morgan fingerprint density at radius 1 is 1.09 bits per heavy atom. The van der Waals surface area contributed by atoms with Gasteiger partial charge in [-0.2, -0.15) is 0 Å². The van der Waals surface area contributed by atoms with Gasteiger partial charge in [-0.3, -0.25) is 4.98 Å². The van der Waals surface area contributed by atoms with Crippen LogP contribution in [0.15, 0.2) is 30.5 Å². The lowest BCUT2D eigenvalue weighted by Crippen LogP contribution is -2.39. The van der Waals surface area contributed by atoms with Gasteiger partial charge < -0.3 is 35.8 Å². The number of aromatic nitrogens is 1. The summed E-state index contributed by atoms with van der Waals surface area (Å²) in [5, 5.41) is 40.3. The molecule has 0 spiro atoms. The molecule has 0 amide bonds. The van der Waals surface area contributed by atoms with Gasteiger partial charge in [-0.05, 0) is 68.6 Å². The van der Waals surface area contributed by atoms with Crippen LogP contribution in [-0.2, 0) is 40.3 Å². The number of aliphatic carboxylic acids is 2. The van der Waals surface area contributed by atoms with Crippen LogP contribution in [0.25, 0.3) is 0 Å². The van der Waals surface area contributed by atoms with E-state index in [0.717, 1.165) is 47.9 Å². The van der Waals surface area contributed by atoms with E-state index in [2.05, 4.69) is 27.8 Å². The Kier molecular flexibility index (Phi) is 11.4. The fraction of sp³-hybridized carbons (Fsp3) is 0.458. The molecule has 1 aliphatic heterocycles. The third-order valence-corrected chi connectivity index (χ3v) is 5.52. The topological polar surface area (TPSA) is 161 Å². The number of carboxylic acids is 2. The second-order valence-electron chi connectivity index (χ2n) is 8.25. The highest BCUT2D eigenvalue weighted by molar-refractivity contribution is 6.33. The van der Waals surface area contributed by atoms with Crippen molar-refractivity contribution in [2.24, 2.45) is 0 Å². The van der Waals surface area contributed by atoms with Gasteiger partial charge in [0.2, 0.25) is 0 Å². The van der Waals surface area contributed by atoms with Crippen molar-refractivity contribution in [3.8, 4) is 0 Å². The Morgan fingerprint density at radius 2 is 1.74 bits per heavy atom. The zero-order chi connectivity index (χ0) is 26.0. The molecule has 0 saturated heterocycles. The van der Waals surface area contributed by atoms with Crippen LogP contribution in [0.4, 0.5) is 5.69 Å². The first kappa shape index (κ1) is 28.5. The van der Waals surface area contributed by atoms with Crippen molar-refractivity contribution < 1.29 is 34.8 Å². The van der Waals surface area contributed by atoms with Crippen molar-refractivity contribution in [1.82, 2.24) is 10.3 Å². The van der Waals surface area contributed by atoms with Gasteiger partial charge in [-0.1, -0.05) is 23.7 Å². The van der Waals surface area contributed by atoms with Crippen LogP contribution < -0.4 is 10.6 Å². The average Bonchev–Trinajstić information content (AvgIpc) is 3.07. The molecule has 0 radical (unpaired) electrons. The number of aliphatic hydroxyl groups excluding tert-OH is 2. The van der Waals surface area contributed by atoms with Crippen LogP contribution in [0, 0.1) is 0 Å². The molecule has 1 aromatic carbocycles. The van der Waals surface area contributed by atoms with Gasteiger partial charge in [0.25, 0.3) is 0 Å². The van der Waals surface area contributed by atoms with Crippen molar-refractivity contribution in [2.75, 3.05) is 18.4 Å². The summed E-state index contributed by atoms with van der Waals surface area (Å²) >= 11 is 6.46. The molecule has 2 atom stereocenters. The standard InChI is InChI=1S/C20H26ClN3O.C4H6O6/c1-14(2)25-13-17-5-3-15(11-23-17)12-24-20-18-8-10-22-9-7-16(18)4-6-19(20)21;5-1(3(7)8)2(6)4(9)10/h3-6,11,14,22,24H,7-10,12-13H2,1-2H3;1-2,5-6H,(H,7,8)(H,9,10). The highest BCUT2D eigenvalue weighted by atomic mass is 35.5. The lowest BCUT2D eigenvalue weighted by molar-refractivity contribution is -0.165. The van der Waals surface area contributed by atoms with E-state index in [1.54, 1.807) is 0 Å². The molecular weight excluding hydrogens is 478 g/mol. The van der Waals surface area contributed by atoms with Crippen LogP contribution in [0.2, 0.25) is 5.02 Å². The molecule has 2 heterocycles. The maximum Gasteiger partial charge on any atom is 0.335 e. The molecular formula is C24H32ClN3O7. The number of hydrogen-bond donors (Lipinski definition) is 6. The first-order valence-electron chi connectivity index (χ1n) is 11.2. The van der Waals surface area contributed by atoms with Crippen molar-refractivity contribution in [1.29, 1.82) is 0 Å². The zero-order valence-electron chi connectivity index (χ0n) is 19.7. The van der Waals surface area contributed by atoms with E-state index < -0.39 is 24.1 Å². The van der Waals surface area contributed by atoms with E-state index in [4.69, 9.17) is 36.8 Å². The van der Waals surface area contributed by atoms with Gasteiger partial charge in [0.1, 0.15) is 0 Å². The number of anilines is 1. The largest absolute Gasteiger partial charge is 0.479 e. The first-order valence-corrected chi connectivity index (χ1v) is 11.6. The number of halogens is 1. The van der Waals surface area contributed by atoms with Crippen molar-refractivity contribution >= 4 is 29.2 Å². The SMILES string of the molecule is CC(C)OCc1ccc(CNc2c(Cl)ccc3c2CCNCC3)cn1.O=C(O)C(O)C(O)C(=O)O. The number of carbonyl (C=O) groups is 2. The average molecular weight is 510 g/mol. The molecule has 11 heteroatoms. The Bertz CT molecular complexity index is 968. The third-order valence-electron chi connectivity index (χ3n) is 5.21. The van der Waals surface area contributed by atoms with E-state index >= 15 is 0 Å². The molecule has 35 heavy (non-hydrogen) atoms. The molecule has 192 valence electrons. The Morgan fingerprint density at radius 3 is 2.31 bits per heavy atom. The van der Waals surface area contributed by atoms with Crippen molar-refractivity contribution in [3.63, 3.8) is 0 Å². The summed E-state index contributed by atoms with van der Waals surface area (Å²) in [7, 11) is 0. The number of rotatable bonds is 9. The molecule has 0 saturated carbocycles. The number of aliphatic hydroxyl groups is 2. The van der Waals surface area contributed by atoms with E-state index in [9.17, 15) is 9.59 Å². The summed E-state index contributed by atoms with van der Waals surface area (Å²) in [6, 6.07) is 8.27. The molecule has 2 aromatic rings. The molecule has 2 unspecified atom stereocenters. The number of benzene rings is 1. The predicted molar refractivity (Wildman–Crippen MR) is 131 cm³/mol. The van der Waals surface area contributed by atoms with E-state index in [1.807, 2.05) is 32.2 Å². The number of nitrogens with one attached hydrogen (secondary N) is 2. The van der Waals surface area contributed by atoms with Crippen LogP contribution >= 0.6 is 11.6 Å². The van der Waals surface area contributed by atoms with Gasteiger partial charge in [0.15, 0.2) is 12.2 Å². The van der Waals surface area contributed by atoms with Crippen molar-refractivity contribution in [3.05, 3.63) is 57.9 Å². The quantitative estimate of drug-likeness (QED) is 0.294. The van der Waals surface area contributed by atoms with E-state index in [-0.39, 0.29) is 6.10 Å². The zero-order valence-corrected chi connectivity index (χ0v) is 20.5. The molecule has 0 aliphatic carbocycles. The Labute approximate surface area is 208 Å². The lowest BCUT2D eigenvalue weighted by atomic mass is 10.0. The van der Waals surface area contributed by atoms with Gasteiger partial charge >= 0.3 is 11.9 Å². The van der Waals surface area contributed by atoms with E-state index in [0.29, 0.717) is 13.2 Å². The van der Waals surface area contributed by atoms with Crippen molar-refractivity contribution in [2.45, 2.75) is 58.2 Å². The molecule has 3 rings (SSSR count). The second kappa shape index (κ2) is 14.0. The number of carboxylic acid groups (broad SMARTS) is 2. The second-order valence-corrected chi connectivity index (χ2v) is 8.65. The molecule has 1 aliphatic rings. The van der Waals surface area contributed by atoms with Gasteiger partial charge in [-0.15, -0.1) is 0 Å². The fourth-order valence-corrected chi connectivity index (χ4v) is 3.54. The first-order chi connectivity index (χ1) is 16.6. The number of ether oxygens (including phenoxy) is 1. The monoisotopic (exact) mass is 509 g/mol. The molecule has 10 nitrogen and oxygen atoms in total. The minimum atomic E-state index is -2.27. The summed E-state index contributed by atoms with van der Waals surface area (Å²) in [6.07, 6.45) is -0.360. The number of fused-ring (bicyclic) bond motifs is 1. The van der Waals surface area contributed by atoms with Crippen LogP contribution in [0.1, 0.15) is 36.2 Å². The summed E-state index contributed by atoms with van der Waals surface area (Å²) < 4.78 is 5.59. The summed E-state index contributed by atoms with van der Waals surface area (Å²) in [5.74, 6) is -3.54. The molecule has 1 aromatic heterocycles. The smallest absolute Gasteiger partial charge is 0.335 e. The van der Waals surface area contributed by atoms with Crippen LogP contribution in [0.5, 0.6) is 0 Å². The van der Waals surface area contributed by atoms with Crippen LogP contribution in [0.3, 0.4) is 0 Å². The van der Waals surface area contributed by atoms with Gasteiger partial charge in [0, 0.05) is 12.7 Å². The number of nitrogens with zero attached hydrogens (tertiary/aromatic N) is 1. The number of pyridine rings is 1. The summed E-state index contributed by atoms with van der Waals surface area (Å²) in [6.45, 7) is 7.34. The number of hydrogen-bond acceptors (Lipinski definition) is 8. The highest BCUT2D eigenvalue weighted by Crippen LogP contribution is 2.31. The normalized spacial score (nSPS) is 14.7. The van der Waals surface area contributed by atoms with E-state index in [1.165, 1.54) is 11.1 Å². The molecule has 0 fully saturated rings. The Hall–Kier alpha value is -2.76. The fourth-order valence-electron chi connectivity index (χ4n) is 3.29. The highest BCUT2D eigenvalue weighted by Gasteiger charge is 2.29. The minimum Gasteiger partial charge on any atom is -0.479 e. The maximum absolute atomic E-state index is 9.77. The maximum atomic E-state index is 9.77. The molecule has 0 bridgehead atoms. The third kappa shape index (κ3) is 9.08. The Balaban J connectivity index is 0.000000367. The lowest BCUT2D eigenvalue weighted by Gasteiger charge is -2.16. The van der Waals surface area contributed by atoms with Gasteiger partial charge in [-0.25, -0.2) is 9.59 Å². The summed E-state index contributed by atoms with van der Waals surface area (Å²) in [5.41, 5.74) is 5.88. The minimum absolute atomic E-state index is 0.216. The molecule has 6 N–H and O–H groups in total. The van der Waals surface area contributed by atoms with Gasteiger partial charge in [0.05, 0.1) is 29.1 Å². The van der Waals surface area contributed by atoms with Crippen LogP contribution in [-0.4, -0.2) is 68.8 Å².